The predicted octanol–water partition coefficient (Wildman–Crippen LogP) is 4.18. The predicted molar refractivity (Wildman–Crippen MR) is 110 cm³/mol. The molecule has 0 spiro atoms. The van der Waals surface area contributed by atoms with Crippen molar-refractivity contribution < 1.29 is 23.5 Å². The molecule has 1 aromatic carbocycles. The van der Waals surface area contributed by atoms with Crippen molar-refractivity contribution in [2.45, 2.75) is 45.8 Å². The summed E-state index contributed by atoms with van der Waals surface area (Å²) in [6.45, 7) is 6.89. The number of nitrogens with two attached hydrogens (primary N) is 1. The standard InChI is InChI=1S/C21H23ClFN3O4/c1-5-14(26-20(29)30-21(2,3)4)12-7-8-13(22)16(17(12)23)18(27)11-6-9-15(19(24)28)25-10-11/h6-10,14H,5H2,1-4H3,(H2,24,28)(H,26,29)/t14-/m1/s1. The molecule has 0 bridgehead atoms. The summed E-state index contributed by atoms with van der Waals surface area (Å²) in [6.07, 6.45) is 0.768. The van der Waals surface area contributed by atoms with Crippen LogP contribution in [0.15, 0.2) is 30.5 Å². The van der Waals surface area contributed by atoms with Crippen molar-refractivity contribution in [2.75, 3.05) is 0 Å². The van der Waals surface area contributed by atoms with Gasteiger partial charge in [-0.05, 0) is 45.4 Å². The molecule has 0 aliphatic carbocycles. The van der Waals surface area contributed by atoms with Crippen LogP contribution < -0.4 is 11.1 Å². The van der Waals surface area contributed by atoms with Crippen LogP contribution in [0.1, 0.15) is 72.1 Å². The lowest BCUT2D eigenvalue weighted by Gasteiger charge is -2.24. The van der Waals surface area contributed by atoms with Gasteiger partial charge in [-0.3, -0.25) is 14.6 Å². The fourth-order valence-electron chi connectivity index (χ4n) is 2.71. The molecule has 0 saturated carbocycles. The third-order valence-electron chi connectivity index (χ3n) is 4.10. The van der Waals surface area contributed by atoms with Crippen LogP contribution in [0.2, 0.25) is 5.02 Å². The monoisotopic (exact) mass is 435 g/mol. The first-order valence-corrected chi connectivity index (χ1v) is 9.60. The Hall–Kier alpha value is -3.00. The highest BCUT2D eigenvalue weighted by molar-refractivity contribution is 6.35. The number of rotatable bonds is 6. The first kappa shape index (κ1) is 23.3. The zero-order valence-corrected chi connectivity index (χ0v) is 17.8. The molecular weight excluding hydrogens is 413 g/mol. The number of amides is 2. The van der Waals surface area contributed by atoms with E-state index in [1.54, 1.807) is 27.7 Å². The molecule has 0 radical (unpaired) electrons. The third-order valence-corrected chi connectivity index (χ3v) is 4.42. The highest BCUT2D eigenvalue weighted by atomic mass is 35.5. The van der Waals surface area contributed by atoms with Crippen LogP contribution in [0.4, 0.5) is 9.18 Å². The number of nitrogens with one attached hydrogen (secondary N) is 1. The fourth-order valence-corrected chi connectivity index (χ4v) is 2.95. The third kappa shape index (κ3) is 5.54. The largest absolute Gasteiger partial charge is 0.444 e. The number of ketones is 1. The molecule has 1 heterocycles. The topological polar surface area (TPSA) is 111 Å². The Kier molecular flexibility index (Phi) is 7.15. The Bertz CT molecular complexity index is 971. The number of nitrogens with zero attached hydrogens (tertiary/aromatic N) is 1. The number of pyridine rings is 1. The number of hydrogen-bond donors (Lipinski definition) is 2. The minimum atomic E-state index is -0.852. The van der Waals surface area contributed by atoms with Crippen molar-refractivity contribution in [1.82, 2.24) is 10.3 Å². The quantitative estimate of drug-likeness (QED) is 0.661. The van der Waals surface area contributed by atoms with Gasteiger partial charge < -0.3 is 15.8 Å². The van der Waals surface area contributed by atoms with Crippen molar-refractivity contribution >= 4 is 29.4 Å². The van der Waals surface area contributed by atoms with E-state index in [4.69, 9.17) is 22.1 Å². The van der Waals surface area contributed by atoms with Gasteiger partial charge in [0.05, 0.1) is 16.6 Å². The smallest absolute Gasteiger partial charge is 0.408 e. The molecule has 0 unspecified atom stereocenters. The van der Waals surface area contributed by atoms with E-state index in [1.807, 2.05) is 0 Å². The van der Waals surface area contributed by atoms with E-state index in [1.165, 1.54) is 24.3 Å². The van der Waals surface area contributed by atoms with Crippen LogP contribution in [0.3, 0.4) is 0 Å². The van der Waals surface area contributed by atoms with Gasteiger partial charge in [-0.2, -0.15) is 0 Å². The fraction of sp³-hybridized carbons (Fsp3) is 0.333. The Balaban J connectivity index is 2.38. The normalized spacial score (nSPS) is 12.2. The zero-order valence-electron chi connectivity index (χ0n) is 17.1. The van der Waals surface area contributed by atoms with Gasteiger partial charge in [-0.15, -0.1) is 0 Å². The maximum Gasteiger partial charge on any atom is 0.408 e. The number of ether oxygens (including phenoxy) is 1. The molecule has 2 rings (SSSR count). The molecule has 30 heavy (non-hydrogen) atoms. The molecule has 0 saturated heterocycles. The Morgan fingerprint density at radius 1 is 1.23 bits per heavy atom. The number of primary amides is 1. The summed E-state index contributed by atoms with van der Waals surface area (Å²) in [5, 5.41) is 2.52. The van der Waals surface area contributed by atoms with E-state index in [-0.39, 0.29) is 27.4 Å². The minimum absolute atomic E-state index is 0.0283. The van der Waals surface area contributed by atoms with Crippen molar-refractivity contribution in [2.24, 2.45) is 5.73 Å². The van der Waals surface area contributed by atoms with Crippen LogP contribution >= 0.6 is 11.6 Å². The first-order valence-electron chi connectivity index (χ1n) is 9.22. The summed E-state index contributed by atoms with van der Waals surface area (Å²) < 4.78 is 20.5. The van der Waals surface area contributed by atoms with Crippen LogP contribution in [-0.2, 0) is 4.74 Å². The van der Waals surface area contributed by atoms with E-state index < -0.39 is 35.2 Å². The number of hydrogen-bond acceptors (Lipinski definition) is 5. The van der Waals surface area contributed by atoms with Gasteiger partial charge in [0.2, 0.25) is 0 Å². The van der Waals surface area contributed by atoms with Gasteiger partial charge in [0.1, 0.15) is 17.1 Å². The Morgan fingerprint density at radius 2 is 1.90 bits per heavy atom. The molecule has 2 aromatic rings. The minimum Gasteiger partial charge on any atom is -0.444 e. The van der Waals surface area contributed by atoms with E-state index in [0.29, 0.717) is 6.42 Å². The molecule has 0 fully saturated rings. The number of alkyl carbamates (subject to hydrolysis) is 1. The molecule has 9 heteroatoms. The lowest BCUT2D eigenvalue weighted by atomic mass is 9.96. The maximum atomic E-state index is 15.3. The Morgan fingerprint density at radius 3 is 2.40 bits per heavy atom. The number of carbonyl (C=O) groups excluding carboxylic acids is 3. The number of halogens is 2. The van der Waals surface area contributed by atoms with Gasteiger partial charge in [-0.25, -0.2) is 9.18 Å². The molecule has 0 aliphatic rings. The van der Waals surface area contributed by atoms with Gasteiger partial charge in [0, 0.05) is 17.3 Å². The SMILES string of the molecule is CC[C@@H](NC(=O)OC(C)(C)C)c1ccc(Cl)c(C(=O)c2ccc(C(N)=O)nc2)c1F. The highest BCUT2D eigenvalue weighted by Crippen LogP contribution is 2.30. The van der Waals surface area contributed by atoms with Crippen molar-refractivity contribution in [3.8, 4) is 0 Å². The lowest BCUT2D eigenvalue weighted by molar-refractivity contribution is 0.0501. The summed E-state index contributed by atoms with van der Waals surface area (Å²) in [4.78, 5) is 39.9. The average molecular weight is 436 g/mol. The number of aromatic nitrogens is 1. The van der Waals surface area contributed by atoms with E-state index in [0.717, 1.165) is 6.20 Å². The van der Waals surface area contributed by atoms with Crippen molar-refractivity contribution in [1.29, 1.82) is 0 Å². The molecule has 160 valence electrons. The van der Waals surface area contributed by atoms with E-state index in [9.17, 15) is 14.4 Å². The first-order chi connectivity index (χ1) is 13.9. The molecule has 1 aromatic heterocycles. The average Bonchev–Trinajstić information content (AvgIpc) is 2.65. The number of carbonyl (C=O) groups is 3. The second-order valence-corrected chi connectivity index (χ2v) is 7.97. The van der Waals surface area contributed by atoms with Crippen LogP contribution in [0.5, 0.6) is 0 Å². The van der Waals surface area contributed by atoms with Gasteiger partial charge in [0.25, 0.3) is 5.91 Å². The molecule has 7 nitrogen and oxygen atoms in total. The second-order valence-electron chi connectivity index (χ2n) is 7.56. The van der Waals surface area contributed by atoms with Crippen molar-refractivity contribution in [3.05, 3.63) is 63.7 Å². The maximum absolute atomic E-state index is 15.3. The van der Waals surface area contributed by atoms with Crippen molar-refractivity contribution in [3.63, 3.8) is 0 Å². The summed E-state index contributed by atoms with van der Waals surface area (Å²) in [5.41, 5.74) is 4.16. The lowest BCUT2D eigenvalue weighted by Crippen LogP contribution is -2.35. The van der Waals surface area contributed by atoms with E-state index in [2.05, 4.69) is 10.3 Å². The van der Waals surface area contributed by atoms with E-state index >= 15 is 4.39 Å². The molecule has 3 N–H and O–H groups in total. The molecule has 1 atom stereocenters. The van der Waals surface area contributed by atoms with Gasteiger partial charge in [0.15, 0.2) is 5.78 Å². The summed E-state index contributed by atoms with van der Waals surface area (Å²) >= 11 is 6.10. The summed E-state index contributed by atoms with van der Waals surface area (Å²) in [7, 11) is 0. The summed E-state index contributed by atoms with van der Waals surface area (Å²) in [5.74, 6) is -2.32. The molecule has 2 amide bonds. The van der Waals surface area contributed by atoms with Crippen LogP contribution in [-0.4, -0.2) is 28.4 Å². The number of benzene rings is 1. The van der Waals surface area contributed by atoms with Gasteiger partial charge >= 0.3 is 6.09 Å². The Labute approximate surface area is 178 Å². The zero-order chi connectivity index (χ0) is 22.6. The van der Waals surface area contributed by atoms with Crippen LogP contribution in [0.25, 0.3) is 0 Å². The highest BCUT2D eigenvalue weighted by Gasteiger charge is 2.26. The summed E-state index contributed by atoms with van der Waals surface area (Å²) in [6, 6.07) is 4.64. The van der Waals surface area contributed by atoms with Crippen LogP contribution in [0, 0.1) is 5.82 Å². The second kappa shape index (κ2) is 9.21. The molecule has 0 aliphatic heterocycles. The van der Waals surface area contributed by atoms with Gasteiger partial charge in [-0.1, -0.05) is 24.6 Å². The molecular formula is C21H23ClFN3O4.